The lowest BCUT2D eigenvalue weighted by atomic mass is 10.1. The van der Waals surface area contributed by atoms with Crippen LogP contribution in [-0.4, -0.2) is 37.7 Å². The van der Waals surface area contributed by atoms with Crippen molar-refractivity contribution >= 4 is 11.8 Å². The molecule has 2 aromatic rings. The summed E-state index contributed by atoms with van der Waals surface area (Å²) in [6.45, 7) is 4.92. The van der Waals surface area contributed by atoms with Crippen LogP contribution in [0.1, 0.15) is 34.3 Å². The van der Waals surface area contributed by atoms with Gasteiger partial charge in [-0.1, -0.05) is 18.2 Å². The minimum atomic E-state index is -0.447. The van der Waals surface area contributed by atoms with Crippen LogP contribution in [0.2, 0.25) is 0 Å². The summed E-state index contributed by atoms with van der Waals surface area (Å²) in [7, 11) is 0. The van der Waals surface area contributed by atoms with E-state index in [0.29, 0.717) is 23.7 Å². The van der Waals surface area contributed by atoms with Crippen molar-refractivity contribution in [2.45, 2.75) is 32.8 Å². The fraction of sp³-hybridized carbons (Fsp3) is 0.364. The summed E-state index contributed by atoms with van der Waals surface area (Å²) in [5, 5.41) is 0. The summed E-state index contributed by atoms with van der Waals surface area (Å²) in [6.07, 6.45) is 2.21. The van der Waals surface area contributed by atoms with E-state index in [1.165, 1.54) is 0 Å². The average molecular weight is 398 g/mol. The molecule has 1 saturated heterocycles. The number of para-hydroxylation sites is 1. The normalized spacial score (nSPS) is 15.6. The quantitative estimate of drug-likeness (QED) is 0.701. The largest absolute Gasteiger partial charge is 0.491 e. The summed E-state index contributed by atoms with van der Waals surface area (Å²) in [4.78, 5) is 24.1. The van der Waals surface area contributed by atoms with Gasteiger partial charge >= 0.3 is 0 Å². The van der Waals surface area contributed by atoms with E-state index in [-0.39, 0.29) is 12.7 Å². The lowest BCUT2D eigenvalue weighted by Crippen LogP contribution is -2.43. The Hall–Kier alpha value is -3.06. The molecule has 1 aliphatic rings. The topological polar surface area (TPSA) is 85.9 Å². The number of ether oxygens (including phenoxy) is 3. The summed E-state index contributed by atoms with van der Waals surface area (Å²) in [5.41, 5.74) is 7.04. The lowest BCUT2D eigenvalue weighted by Gasteiger charge is -2.13. The van der Waals surface area contributed by atoms with E-state index in [1.807, 2.05) is 32.0 Å². The van der Waals surface area contributed by atoms with E-state index < -0.39 is 11.8 Å². The molecule has 0 aromatic heterocycles. The Morgan fingerprint density at radius 3 is 2.41 bits per heavy atom. The first kappa shape index (κ1) is 20.7. The van der Waals surface area contributed by atoms with Crippen LogP contribution in [0.25, 0.3) is 0 Å². The number of aryl methyl sites for hydroxylation is 2. The number of rotatable bonds is 7. The molecule has 0 radical (unpaired) electrons. The third-order valence-corrected chi connectivity index (χ3v) is 4.65. The van der Waals surface area contributed by atoms with Crippen molar-refractivity contribution in [3.63, 3.8) is 0 Å². The number of carbonyl (C=O) groups excluding carboxylic acids is 2. The molecule has 3 rings (SSSR count). The van der Waals surface area contributed by atoms with Gasteiger partial charge in [0.05, 0.1) is 6.10 Å². The predicted molar refractivity (Wildman–Crippen MR) is 108 cm³/mol. The van der Waals surface area contributed by atoms with Crippen molar-refractivity contribution in [1.82, 2.24) is 10.9 Å². The smallest absolute Gasteiger partial charge is 0.276 e. The van der Waals surface area contributed by atoms with E-state index in [9.17, 15) is 9.59 Å². The lowest BCUT2D eigenvalue weighted by molar-refractivity contribution is -0.123. The molecule has 0 saturated carbocycles. The van der Waals surface area contributed by atoms with Gasteiger partial charge in [-0.25, -0.2) is 0 Å². The van der Waals surface area contributed by atoms with Gasteiger partial charge in [0.1, 0.15) is 18.1 Å². The van der Waals surface area contributed by atoms with Crippen LogP contribution in [0.3, 0.4) is 0 Å². The minimum Gasteiger partial charge on any atom is -0.491 e. The van der Waals surface area contributed by atoms with E-state index in [2.05, 4.69) is 10.9 Å². The molecule has 1 unspecified atom stereocenters. The second-order valence-electron chi connectivity index (χ2n) is 6.98. The van der Waals surface area contributed by atoms with Gasteiger partial charge in [0.2, 0.25) is 0 Å². The predicted octanol–water partition coefficient (Wildman–Crippen LogP) is 2.70. The molecular formula is C22H26N2O5. The van der Waals surface area contributed by atoms with Gasteiger partial charge < -0.3 is 14.2 Å². The molecule has 2 N–H and O–H groups in total. The minimum absolute atomic E-state index is 0.138. The van der Waals surface area contributed by atoms with E-state index >= 15 is 0 Å². The van der Waals surface area contributed by atoms with Crippen molar-refractivity contribution < 1.29 is 23.8 Å². The zero-order valence-corrected chi connectivity index (χ0v) is 16.7. The number of carbonyl (C=O) groups is 2. The van der Waals surface area contributed by atoms with E-state index in [0.717, 1.165) is 30.6 Å². The second kappa shape index (κ2) is 9.93. The Kier molecular flexibility index (Phi) is 7.08. The molecule has 2 aromatic carbocycles. The molecule has 1 fully saturated rings. The molecule has 1 atom stereocenters. The summed E-state index contributed by atoms with van der Waals surface area (Å²) in [6, 6.07) is 12.5. The van der Waals surface area contributed by atoms with Gasteiger partial charge in [0, 0.05) is 12.2 Å². The molecule has 154 valence electrons. The monoisotopic (exact) mass is 398 g/mol. The van der Waals surface area contributed by atoms with Crippen LogP contribution < -0.4 is 20.3 Å². The SMILES string of the molecule is Cc1cccc(C)c1OCC(=O)NNC(=O)c1ccc(OCC2CCCO2)cc1. The Morgan fingerprint density at radius 2 is 1.76 bits per heavy atom. The van der Waals surface area contributed by atoms with Crippen molar-refractivity contribution in [2.75, 3.05) is 19.8 Å². The molecule has 1 heterocycles. The highest BCUT2D eigenvalue weighted by atomic mass is 16.5. The maximum absolute atomic E-state index is 12.2. The van der Waals surface area contributed by atoms with Crippen LogP contribution >= 0.6 is 0 Å². The first-order valence-corrected chi connectivity index (χ1v) is 9.65. The maximum atomic E-state index is 12.2. The molecule has 29 heavy (non-hydrogen) atoms. The highest BCUT2D eigenvalue weighted by molar-refractivity contribution is 5.95. The Bertz CT molecular complexity index is 825. The third-order valence-electron chi connectivity index (χ3n) is 4.65. The first-order valence-electron chi connectivity index (χ1n) is 9.65. The summed E-state index contributed by atoms with van der Waals surface area (Å²) >= 11 is 0. The van der Waals surface area contributed by atoms with Gasteiger partial charge in [0.25, 0.3) is 11.8 Å². The average Bonchev–Trinajstić information content (AvgIpc) is 3.24. The van der Waals surface area contributed by atoms with Gasteiger partial charge in [-0.2, -0.15) is 0 Å². The molecule has 2 amide bonds. The molecule has 1 aliphatic heterocycles. The third kappa shape index (κ3) is 5.96. The molecule has 7 heteroatoms. The Labute approximate surface area is 170 Å². The number of hydrazine groups is 1. The molecule has 7 nitrogen and oxygen atoms in total. The number of hydrogen-bond acceptors (Lipinski definition) is 5. The van der Waals surface area contributed by atoms with Crippen LogP contribution in [0.15, 0.2) is 42.5 Å². The number of nitrogens with one attached hydrogen (secondary N) is 2. The highest BCUT2D eigenvalue weighted by Gasteiger charge is 2.16. The van der Waals surface area contributed by atoms with Crippen molar-refractivity contribution in [2.24, 2.45) is 0 Å². The maximum Gasteiger partial charge on any atom is 0.276 e. The molecule has 0 spiro atoms. The molecular weight excluding hydrogens is 372 g/mol. The summed E-state index contributed by atoms with van der Waals surface area (Å²) in [5.74, 6) is 0.476. The van der Waals surface area contributed by atoms with Crippen LogP contribution in [0.5, 0.6) is 11.5 Å². The number of hydrogen-bond donors (Lipinski definition) is 2. The van der Waals surface area contributed by atoms with Crippen LogP contribution in [0.4, 0.5) is 0 Å². The van der Waals surface area contributed by atoms with Gasteiger partial charge in [-0.15, -0.1) is 0 Å². The van der Waals surface area contributed by atoms with Crippen LogP contribution in [-0.2, 0) is 9.53 Å². The van der Waals surface area contributed by atoms with Gasteiger partial charge in [-0.05, 0) is 62.1 Å². The second-order valence-corrected chi connectivity index (χ2v) is 6.98. The molecule has 0 aliphatic carbocycles. The van der Waals surface area contributed by atoms with Crippen molar-refractivity contribution in [3.8, 4) is 11.5 Å². The number of benzene rings is 2. The van der Waals surface area contributed by atoms with E-state index in [4.69, 9.17) is 14.2 Å². The Morgan fingerprint density at radius 1 is 1.03 bits per heavy atom. The standard InChI is InChI=1S/C22H26N2O5/c1-15-5-3-6-16(2)21(15)29-14-20(25)23-24-22(26)17-8-10-18(11-9-17)28-13-19-7-4-12-27-19/h3,5-6,8-11,19H,4,7,12-14H2,1-2H3,(H,23,25)(H,24,26). The van der Waals surface area contributed by atoms with Gasteiger partial charge in [0.15, 0.2) is 6.61 Å². The Balaban J connectivity index is 1.42. The summed E-state index contributed by atoms with van der Waals surface area (Å²) < 4.78 is 16.7. The molecule has 0 bridgehead atoms. The van der Waals surface area contributed by atoms with E-state index in [1.54, 1.807) is 24.3 Å². The first-order chi connectivity index (χ1) is 14.0. The van der Waals surface area contributed by atoms with Gasteiger partial charge in [-0.3, -0.25) is 20.4 Å². The zero-order chi connectivity index (χ0) is 20.6. The fourth-order valence-electron chi connectivity index (χ4n) is 3.07. The number of amides is 2. The highest BCUT2D eigenvalue weighted by Crippen LogP contribution is 2.22. The van der Waals surface area contributed by atoms with Crippen molar-refractivity contribution in [3.05, 3.63) is 59.2 Å². The fourth-order valence-corrected chi connectivity index (χ4v) is 3.07. The van der Waals surface area contributed by atoms with Crippen LogP contribution in [0, 0.1) is 13.8 Å². The zero-order valence-electron chi connectivity index (χ0n) is 16.7. The van der Waals surface area contributed by atoms with Crippen molar-refractivity contribution in [1.29, 1.82) is 0 Å².